The van der Waals surface area contributed by atoms with Crippen molar-refractivity contribution in [2.45, 2.75) is 31.7 Å². The van der Waals surface area contributed by atoms with Crippen LogP contribution in [0.1, 0.15) is 34.3 Å². The summed E-state index contributed by atoms with van der Waals surface area (Å²) in [4.78, 5) is 37.6. The molecule has 9 heteroatoms. The minimum atomic E-state index is -2.12. The molecule has 0 spiro atoms. The predicted octanol–water partition coefficient (Wildman–Crippen LogP) is 1.53. The lowest BCUT2D eigenvalue weighted by Gasteiger charge is -2.37. The Morgan fingerprint density at radius 3 is 2.80 bits per heavy atom. The van der Waals surface area contributed by atoms with Gasteiger partial charge in [-0.25, -0.2) is 4.39 Å². The maximum atomic E-state index is 14.1. The Balaban J connectivity index is 1.58. The molecular weight excluding hydrogens is 393 g/mol. The highest BCUT2D eigenvalue weighted by Gasteiger charge is 2.51. The third-order valence-corrected chi connectivity index (χ3v) is 5.41. The van der Waals surface area contributed by atoms with Gasteiger partial charge in [-0.3, -0.25) is 24.6 Å². The first-order valence-corrected chi connectivity index (χ1v) is 9.43. The van der Waals surface area contributed by atoms with Gasteiger partial charge in [0.25, 0.3) is 11.8 Å². The van der Waals surface area contributed by atoms with Gasteiger partial charge in [0.2, 0.25) is 11.6 Å². The molecule has 8 nitrogen and oxygen atoms in total. The van der Waals surface area contributed by atoms with E-state index in [0.29, 0.717) is 16.9 Å². The number of carbonyl (C=O) groups is 3. The summed E-state index contributed by atoms with van der Waals surface area (Å²) in [6, 6.07) is 9.40. The minimum Gasteiger partial charge on any atom is -0.488 e. The zero-order chi connectivity index (χ0) is 21.5. The quantitative estimate of drug-likeness (QED) is 0.642. The largest absolute Gasteiger partial charge is 0.488 e. The SMILES string of the molecule is CNc1ccc(F)c(COc2cccc3c2CN(C2(O)CCC(=O)NC2=O)C3=O)c1. The molecule has 2 aliphatic heterocycles. The van der Waals surface area contributed by atoms with Gasteiger partial charge in [0.05, 0.1) is 6.54 Å². The summed E-state index contributed by atoms with van der Waals surface area (Å²) in [7, 11) is 1.72. The molecule has 2 aromatic carbocycles. The van der Waals surface area contributed by atoms with E-state index in [1.165, 1.54) is 6.07 Å². The van der Waals surface area contributed by atoms with Crippen molar-refractivity contribution in [3.8, 4) is 5.75 Å². The normalized spacial score (nSPS) is 20.8. The highest BCUT2D eigenvalue weighted by molar-refractivity contribution is 6.06. The second-order valence-electron chi connectivity index (χ2n) is 7.21. The van der Waals surface area contributed by atoms with Crippen molar-refractivity contribution in [1.29, 1.82) is 0 Å². The number of imide groups is 1. The maximum absolute atomic E-state index is 14.1. The lowest BCUT2D eigenvalue weighted by atomic mass is 10.00. The van der Waals surface area contributed by atoms with E-state index in [0.717, 1.165) is 10.6 Å². The van der Waals surface area contributed by atoms with E-state index in [2.05, 4.69) is 10.6 Å². The van der Waals surface area contributed by atoms with Crippen molar-refractivity contribution >= 4 is 23.4 Å². The number of aliphatic hydroxyl groups is 1. The molecule has 30 heavy (non-hydrogen) atoms. The summed E-state index contributed by atoms with van der Waals surface area (Å²) < 4.78 is 19.9. The standard InChI is InChI=1S/C21H20FN3O5/c1-23-13-5-6-16(22)12(9-13)11-30-17-4-2-3-14-15(17)10-25(19(14)27)21(29)8-7-18(26)24-20(21)28/h2-6,9,23,29H,7-8,10-11H2,1H3,(H,24,26,28). The summed E-state index contributed by atoms with van der Waals surface area (Å²) in [5.41, 5.74) is -0.269. The number of halogens is 1. The number of amides is 3. The van der Waals surface area contributed by atoms with Crippen LogP contribution >= 0.6 is 0 Å². The summed E-state index contributed by atoms with van der Waals surface area (Å²) in [5, 5.41) is 15.8. The number of nitrogens with one attached hydrogen (secondary N) is 2. The van der Waals surface area contributed by atoms with Gasteiger partial charge in [-0.05, 0) is 30.3 Å². The van der Waals surface area contributed by atoms with Crippen LogP contribution in [0, 0.1) is 5.82 Å². The average Bonchev–Trinajstić information content (AvgIpc) is 3.08. The van der Waals surface area contributed by atoms with Crippen molar-refractivity contribution in [2.75, 3.05) is 12.4 Å². The highest BCUT2D eigenvalue weighted by Crippen LogP contribution is 2.37. The fourth-order valence-corrected chi connectivity index (χ4v) is 3.68. The lowest BCUT2D eigenvalue weighted by molar-refractivity contribution is -0.168. The monoisotopic (exact) mass is 413 g/mol. The van der Waals surface area contributed by atoms with E-state index < -0.39 is 29.3 Å². The van der Waals surface area contributed by atoms with Gasteiger partial charge in [0.1, 0.15) is 18.2 Å². The maximum Gasteiger partial charge on any atom is 0.279 e. The van der Waals surface area contributed by atoms with E-state index in [-0.39, 0.29) is 31.6 Å². The second kappa shape index (κ2) is 7.42. The van der Waals surface area contributed by atoms with Crippen LogP contribution in [-0.2, 0) is 22.7 Å². The van der Waals surface area contributed by atoms with E-state index in [4.69, 9.17) is 4.74 Å². The van der Waals surface area contributed by atoms with Crippen LogP contribution in [0.25, 0.3) is 0 Å². The number of nitrogens with zero attached hydrogens (tertiary/aromatic N) is 1. The van der Waals surface area contributed by atoms with Crippen LogP contribution in [0.2, 0.25) is 0 Å². The first kappa shape index (κ1) is 19.8. The van der Waals surface area contributed by atoms with Crippen LogP contribution in [-0.4, -0.2) is 40.5 Å². The first-order valence-electron chi connectivity index (χ1n) is 9.43. The lowest BCUT2D eigenvalue weighted by Crippen LogP contribution is -2.63. The number of hydrogen-bond donors (Lipinski definition) is 3. The smallest absolute Gasteiger partial charge is 0.279 e. The van der Waals surface area contributed by atoms with E-state index in [1.54, 1.807) is 37.4 Å². The second-order valence-corrected chi connectivity index (χ2v) is 7.21. The van der Waals surface area contributed by atoms with Crippen LogP contribution < -0.4 is 15.4 Å². The molecule has 1 unspecified atom stereocenters. The molecule has 4 rings (SSSR count). The number of ether oxygens (including phenoxy) is 1. The molecule has 0 radical (unpaired) electrons. The molecule has 1 fully saturated rings. The molecule has 0 bridgehead atoms. The number of benzene rings is 2. The zero-order valence-electron chi connectivity index (χ0n) is 16.2. The third kappa shape index (κ3) is 3.26. The van der Waals surface area contributed by atoms with Crippen molar-refractivity contribution < 1.29 is 28.6 Å². The fourth-order valence-electron chi connectivity index (χ4n) is 3.68. The molecule has 1 saturated heterocycles. The Morgan fingerprint density at radius 1 is 1.27 bits per heavy atom. The van der Waals surface area contributed by atoms with Crippen molar-refractivity contribution in [3.63, 3.8) is 0 Å². The van der Waals surface area contributed by atoms with Gasteiger partial charge < -0.3 is 15.2 Å². The number of piperidine rings is 1. The average molecular weight is 413 g/mol. The minimum absolute atomic E-state index is 0.0642. The summed E-state index contributed by atoms with van der Waals surface area (Å²) in [6.07, 6.45) is -0.261. The topological polar surface area (TPSA) is 108 Å². The Morgan fingerprint density at radius 2 is 2.07 bits per heavy atom. The molecule has 1 atom stereocenters. The van der Waals surface area contributed by atoms with Crippen LogP contribution in [0.15, 0.2) is 36.4 Å². The zero-order valence-corrected chi connectivity index (χ0v) is 16.2. The summed E-state index contributed by atoms with van der Waals surface area (Å²) >= 11 is 0. The van der Waals surface area contributed by atoms with Gasteiger partial charge in [0, 0.05) is 42.3 Å². The number of hydrogen-bond acceptors (Lipinski definition) is 6. The predicted molar refractivity (Wildman–Crippen MR) is 104 cm³/mol. The summed E-state index contributed by atoms with van der Waals surface area (Å²) in [6.45, 7) is -0.132. The first-order chi connectivity index (χ1) is 14.3. The molecule has 2 aliphatic rings. The molecule has 0 aromatic heterocycles. The van der Waals surface area contributed by atoms with Gasteiger partial charge in [-0.15, -0.1) is 0 Å². The van der Waals surface area contributed by atoms with E-state index in [9.17, 15) is 23.9 Å². The van der Waals surface area contributed by atoms with Crippen molar-refractivity contribution in [2.24, 2.45) is 0 Å². The summed E-state index contributed by atoms with van der Waals surface area (Å²) in [5.74, 6) is -2.02. The Hall–Kier alpha value is -3.46. The van der Waals surface area contributed by atoms with Crippen molar-refractivity contribution in [1.82, 2.24) is 10.2 Å². The molecule has 2 aromatic rings. The van der Waals surface area contributed by atoms with E-state index in [1.807, 2.05) is 0 Å². The van der Waals surface area contributed by atoms with Crippen LogP contribution in [0.5, 0.6) is 5.75 Å². The number of carbonyl (C=O) groups excluding carboxylic acids is 3. The molecule has 3 amide bonds. The Bertz CT molecular complexity index is 1060. The number of rotatable bonds is 5. The van der Waals surface area contributed by atoms with Gasteiger partial charge >= 0.3 is 0 Å². The molecule has 3 N–H and O–H groups in total. The number of fused-ring (bicyclic) bond motifs is 1. The third-order valence-electron chi connectivity index (χ3n) is 5.41. The molecule has 2 heterocycles. The van der Waals surface area contributed by atoms with Crippen LogP contribution in [0.3, 0.4) is 0 Å². The Labute approximate surface area is 171 Å². The molecular formula is C21H20FN3O5. The highest BCUT2D eigenvalue weighted by atomic mass is 19.1. The Kier molecular flexibility index (Phi) is 4.90. The molecule has 0 aliphatic carbocycles. The van der Waals surface area contributed by atoms with E-state index >= 15 is 0 Å². The van der Waals surface area contributed by atoms with Gasteiger partial charge in [0.15, 0.2) is 0 Å². The van der Waals surface area contributed by atoms with Crippen LogP contribution in [0.4, 0.5) is 10.1 Å². The van der Waals surface area contributed by atoms with Gasteiger partial charge in [-0.2, -0.15) is 0 Å². The molecule has 0 saturated carbocycles. The number of anilines is 1. The van der Waals surface area contributed by atoms with Gasteiger partial charge in [-0.1, -0.05) is 6.07 Å². The molecule has 156 valence electrons. The van der Waals surface area contributed by atoms with Crippen molar-refractivity contribution in [3.05, 3.63) is 58.9 Å². The fraction of sp³-hybridized carbons (Fsp3) is 0.286.